The molecule has 0 bridgehead atoms. The minimum atomic E-state index is -3.95. The molecular weight excluding hydrogens is 282 g/mol. The van der Waals surface area contributed by atoms with E-state index in [1.807, 2.05) is 13.0 Å². The van der Waals surface area contributed by atoms with Crippen LogP contribution in [0, 0.1) is 13.8 Å². The van der Waals surface area contributed by atoms with E-state index in [9.17, 15) is 13.2 Å². The highest BCUT2D eigenvalue weighted by molar-refractivity contribution is 7.92. The number of carboxylic acids is 1. The fraction of sp³-hybridized carbons (Fsp3) is 0.154. The average Bonchev–Trinajstić information content (AvgIpc) is 2.85. The molecule has 0 unspecified atom stereocenters. The molecule has 1 heterocycles. The number of aryl methyl sites for hydroxylation is 1. The molecule has 0 radical (unpaired) electrons. The molecule has 1 aromatic heterocycles. The number of hydrogen-bond acceptors (Lipinski definition) is 4. The zero-order chi connectivity index (χ0) is 14.9. The van der Waals surface area contributed by atoms with Crippen LogP contribution >= 0.6 is 0 Å². The minimum Gasteiger partial charge on any atom is -0.475 e. The Labute approximate surface area is 116 Å². The molecule has 1 aromatic carbocycles. The SMILES string of the molecule is Cc1cccc(NS(=O)(=O)c2ccc(C(=O)O)o2)c1C. The Kier molecular flexibility index (Phi) is 3.54. The van der Waals surface area contributed by atoms with E-state index in [1.165, 1.54) is 0 Å². The van der Waals surface area contributed by atoms with Crippen LogP contribution in [0.25, 0.3) is 0 Å². The first-order valence-corrected chi connectivity index (χ1v) is 7.22. The van der Waals surface area contributed by atoms with Crippen molar-refractivity contribution < 1.29 is 22.7 Å². The first-order chi connectivity index (χ1) is 9.31. The van der Waals surface area contributed by atoms with Crippen molar-refractivity contribution in [2.45, 2.75) is 18.9 Å². The van der Waals surface area contributed by atoms with Crippen molar-refractivity contribution in [3.05, 3.63) is 47.2 Å². The van der Waals surface area contributed by atoms with Crippen molar-refractivity contribution in [3.8, 4) is 0 Å². The van der Waals surface area contributed by atoms with Gasteiger partial charge in [0.1, 0.15) is 0 Å². The zero-order valence-corrected chi connectivity index (χ0v) is 11.7. The van der Waals surface area contributed by atoms with Crippen molar-refractivity contribution in [2.75, 3.05) is 4.72 Å². The van der Waals surface area contributed by atoms with E-state index in [-0.39, 0.29) is 0 Å². The molecule has 2 aromatic rings. The number of sulfonamides is 1. The predicted molar refractivity (Wildman–Crippen MR) is 72.4 cm³/mol. The first kappa shape index (κ1) is 14.1. The van der Waals surface area contributed by atoms with E-state index >= 15 is 0 Å². The average molecular weight is 295 g/mol. The number of anilines is 1. The number of hydrogen-bond donors (Lipinski definition) is 2. The lowest BCUT2D eigenvalue weighted by molar-refractivity contribution is 0.0656. The van der Waals surface area contributed by atoms with E-state index in [2.05, 4.69) is 4.72 Å². The lowest BCUT2D eigenvalue weighted by atomic mass is 10.1. The number of nitrogens with one attached hydrogen (secondary N) is 1. The Morgan fingerprint density at radius 3 is 2.50 bits per heavy atom. The van der Waals surface area contributed by atoms with Crippen LogP contribution in [0.3, 0.4) is 0 Å². The quantitative estimate of drug-likeness (QED) is 0.902. The number of aromatic carboxylic acids is 1. The number of carboxylic acid groups (broad SMARTS) is 1. The Hall–Kier alpha value is -2.28. The summed E-state index contributed by atoms with van der Waals surface area (Å²) in [6, 6.07) is 7.42. The maximum atomic E-state index is 12.1. The van der Waals surface area contributed by atoms with Gasteiger partial charge in [-0.25, -0.2) is 4.79 Å². The Balaban J connectivity index is 2.35. The largest absolute Gasteiger partial charge is 0.475 e. The molecule has 106 valence electrons. The molecule has 0 atom stereocenters. The lowest BCUT2D eigenvalue weighted by Crippen LogP contribution is -2.13. The summed E-state index contributed by atoms with van der Waals surface area (Å²) in [5, 5.41) is 8.29. The number of benzene rings is 1. The van der Waals surface area contributed by atoms with Gasteiger partial charge >= 0.3 is 5.97 Å². The molecule has 2 rings (SSSR count). The van der Waals surface area contributed by atoms with Crippen LogP contribution in [0.15, 0.2) is 39.8 Å². The van der Waals surface area contributed by atoms with E-state index < -0.39 is 26.8 Å². The van der Waals surface area contributed by atoms with Crippen LogP contribution in [-0.2, 0) is 10.0 Å². The van der Waals surface area contributed by atoms with Gasteiger partial charge in [0.2, 0.25) is 10.9 Å². The highest BCUT2D eigenvalue weighted by atomic mass is 32.2. The van der Waals surface area contributed by atoms with Crippen molar-refractivity contribution >= 4 is 21.7 Å². The van der Waals surface area contributed by atoms with Gasteiger partial charge in [0.05, 0.1) is 5.69 Å². The first-order valence-electron chi connectivity index (χ1n) is 5.73. The summed E-state index contributed by atoms with van der Waals surface area (Å²) in [6.07, 6.45) is 0. The van der Waals surface area contributed by atoms with Crippen molar-refractivity contribution in [2.24, 2.45) is 0 Å². The van der Waals surface area contributed by atoms with E-state index in [0.717, 1.165) is 23.3 Å². The summed E-state index contributed by atoms with van der Waals surface area (Å²) >= 11 is 0. The minimum absolute atomic E-state index is 0.425. The molecule has 6 nitrogen and oxygen atoms in total. The zero-order valence-electron chi connectivity index (χ0n) is 10.9. The molecule has 0 aliphatic rings. The smallest absolute Gasteiger partial charge is 0.371 e. The maximum Gasteiger partial charge on any atom is 0.371 e. The molecule has 0 aliphatic heterocycles. The van der Waals surface area contributed by atoms with E-state index in [0.29, 0.717) is 5.69 Å². The Morgan fingerprint density at radius 2 is 1.90 bits per heavy atom. The van der Waals surface area contributed by atoms with Crippen molar-refractivity contribution in [1.82, 2.24) is 0 Å². The molecule has 0 spiro atoms. The van der Waals surface area contributed by atoms with Gasteiger partial charge in [-0.05, 0) is 43.2 Å². The molecule has 0 saturated heterocycles. The van der Waals surface area contributed by atoms with Gasteiger partial charge in [0, 0.05) is 0 Å². The monoisotopic (exact) mass is 295 g/mol. The van der Waals surface area contributed by atoms with Crippen LogP contribution in [0.4, 0.5) is 5.69 Å². The summed E-state index contributed by atoms with van der Waals surface area (Å²) in [5.74, 6) is -1.75. The van der Waals surface area contributed by atoms with Crippen molar-refractivity contribution in [3.63, 3.8) is 0 Å². The molecule has 7 heteroatoms. The summed E-state index contributed by atoms with van der Waals surface area (Å²) in [6.45, 7) is 3.65. The standard InChI is InChI=1S/C13H13NO5S/c1-8-4-3-5-10(9(8)2)14-20(17,18)12-7-6-11(19-12)13(15)16/h3-7,14H,1-2H3,(H,15,16). The van der Waals surface area contributed by atoms with Gasteiger partial charge < -0.3 is 9.52 Å². The van der Waals surface area contributed by atoms with Gasteiger partial charge in [0.15, 0.2) is 0 Å². The number of carbonyl (C=O) groups is 1. The summed E-state index contributed by atoms with van der Waals surface area (Å²) in [4.78, 5) is 10.7. The van der Waals surface area contributed by atoms with Crippen LogP contribution in [0.5, 0.6) is 0 Å². The highest BCUT2D eigenvalue weighted by Gasteiger charge is 2.21. The Bertz CT molecular complexity index is 761. The number of rotatable bonds is 4. The van der Waals surface area contributed by atoms with Gasteiger partial charge in [0.25, 0.3) is 10.0 Å². The summed E-state index contributed by atoms with van der Waals surface area (Å²) in [7, 11) is -3.95. The second-order valence-electron chi connectivity index (χ2n) is 4.28. The Morgan fingerprint density at radius 1 is 1.20 bits per heavy atom. The molecular formula is C13H13NO5S. The predicted octanol–water partition coefficient (Wildman–Crippen LogP) is 2.40. The van der Waals surface area contributed by atoms with E-state index in [4.69, 9.17) is 9.52 Å². The molecule has 2 N–H and O–H groups in total. The highest BCUT2D eigenvalue weighted by Crippen LogP contribution is 2.23. The summed E-state index contributed by atoms with van der Waals surface area (Å²) in [5.41, 5.74) is 2.16. The van der Waals surface area contributed by atoms with Gasteiger partial charge in [-0.15, -0.1) is 0 Å². The van der Waals surface area contributed by atoms with Crippen molar-refractivity contribution in [1.29, 1.82) is 0 Å². The molecule has 0 fully saturated rings. The fourth-order valence-corrected chi connectivity index (χ4v) is 2.69. The van der Waals surface area contributed by atoms with Gasteiger partial charge in [-0.2, -0.15) is 8.42 Å². The third-order valence-electron chi connectivity index (χ3n) is 2.91. The second kappa shape index (κ2) is 5.01. The van der Waals surface area contributed by atoms with Crippen LogP contribution in [-0.4, -0.2) is 19.5 Å². The van der Waals surface area contributed by atoms with E-state index in [1.54, 1.807) is 19.1 Å². The lowest BCUT2D eigenvalue weighted by Gasteiger charge is -2.10. The second-order valence-corrected chi connectivity index (χ2v) is 5.89. The third-order valence-corrected chi connectivity index (χ3v) is 4.14. The normalized spacial score (nSPS) is 11.3. The maximum absolute atomic E-state index is 12.1. The molecule has 20 heavy (non-hydrogen) atoms. The fourth-order valence-electron chi connectivity index (χ4n) is 1.64. The molecule has 0 aliphatic carbocycles. The van der Waals surface area contributed by atoms with Crippen LogP contribution in [0.1, 0.15) is 21.7 Å². The number of furan rings is 1. The van der Waals surface area contributed by atoms with Crippen LogP contribution < -0.4 is 4.72 Å². The molecule has 0 saturated carbocycles. The van der Waals surface area contributed by atoms with Gasteiger partial charge in [-0.3, -0.25) is 4.72 Å². The van der Waals surface area contributed by atoms with Crippen LogP contribution in [0.2, 0.25) is 0 Å². The third kappa shape index (κ3) is 2.67. The molecule has 0 amide bonds. The summed E-state index contributed by atoms with van der Waals surface area (Å²) < 4.78 is 31.4. The van der Waals surface area contributed by atoms with Gasteiger partial charge in [-0.1, -0.05) is 12.1 Å². The topological polar surface area (TPSA) is 96.6 Å².